The molecular weight excluding hydrogens is 240 g/mol. The highest BCUT2D eigenvalue weighted by Crippen LogP contribution is 2.25. The van der Waals surface area contributed by atoms with Crippen molar-refractivity contribution in [3.63, 3.8) is 0 Å². The van der Waals surface area contributed by atoms with E-state index in [1.165, 1.54) is 5.56 Å². The van der Waals surface area contributed by atoms with Crippen LogP contribution in [0.25, 0.3) is 22.6 Å². The summed E-state index contributed by atoms with van der Waals surface area (Å²) in [6, 6.07) is 4.21. The standard InChI is InChI=1S/C14H14N4O/c1-7-4-8(2)11(9(3)5-7)13-15-6-10-12(17-13)18-14(19)16-10/h4-6H,1-3H3,(H2,15,16,17,18,19). The topological polar surface area (TPSA) is 74.4 Å². The van der Waals surface area contributed by atoms with Crippen molar-refractivity contribution in [2.45, 2.75) is 20.8 Å². The number of H-pyrrole nitrogens is 2. The van der Waals surface area contributed by atoms with Crippen molar-refractivity contribution in [1.82, 2.24) is 19.9 Å². The molecule has 3 rings (SSSR count). The van der Waals surface area contributed by atoms with Gasteiger partial charge < -0.3 is 4.98 Å². The van der Waals surface area contributed by atoms with Crippen LogP contribution < -0.4 is 5.69 Å². The Balaban J connectivity index is 2.27. The molecule has 0 atom stereocenters. The van der Waals surface area contributed by atoms with Gasteiger partial charge in [0, 0.05) is 5.56 Å². The minimum absolute atomic E-state index is 0.265. The van der Waals surface area contributed by atoms with Crippen LogP contribution in [0, 0.1) is 20.8 Å². The number of fused-ring (bicyclic) bond motifs is 1. The maximum Gasteiger partial charge on any atom is 0.325 e. The minimum Gasteiger partial charge on any atom is -0.303 e. The number of imidazole rings is 1. The fourth-order valence-electron chi connectivity index (χ4n) is 2.48. The highest BCUT2D eigenvalue weighted by atomic mass is 16.1. The molecule has 0 spiro atoms. The first-order valence-electron chi connectivity index (χ1n) is 6.08. The van der Waals surface area contributed by atoms with Gasteiger partial charge in [0.1, 0.15) is 5.52 Å². The Morgan fingerprint density at radius 2 is 1.74 bits per heavy atom. The molecule has 0 aliphatic heterocycles. The molecular formula is C14H14N4O. The van der Waals surface area contributed by atoms with Crippen molar-refractivity contribution in [2.75, 3.05) is 0 Å². The zero-order valence-corrected chi connectivity index (χ0v) is 11.0. The summed E-state index contributed by atoms with van der Waals surface area (Å²) in [4.78, 5) is 25.3. The van der Waals surface area contributed by atoms with Crippen molar-refractivity contribution in [1.29, 1.82) is 0 Å². The van der Waals surface area contributed by atoms with Gasteiger partial charge in [0.2, 0.25) is 0 Å². The lowest BCUT2D eigenvalue weighted by molar-refractivity contribution is 1.17. The summed E-state index contributed by atoms with van der Waals surface area (Å²) in [7, 11) is 0. The Kier molecular flexibility index (Phi) is 2.48. The number of hydrogen-bond donors (Lipinski definition) is 2. The lowest BCUT2D eigenvalue weighted by Gasteiger charge is -2.09. The number of aryl methyl sites for hydroxylation is 3. The number of hydrogen-bond acceptors (Lipinski definition) is 3. The second kappa shape index (κ2) is 4.05. The highest BCUT2D eigenvalue weighted by Gasteiger charge is 2.11. The molecule has 3 aromatic rings. The zero-order chi connectivity index (χ0) is 13.6. The fourth-order valence-corrected chi connectivity index (χ4v) is 2.48. The van der Waals surface area contributed by atoms with Gasteiger partial charge in [-0.25, -0.2) is 14.8 Å². The van der Waals surface area contributed by atoms with Gasteiger partial charge in [-0.15, -0.1) is 0 Å². The summed E-state index contributed by atoms with van der Waals surface area (Å²) in [6.45, 7) is 6.16. The number of nitrogens with zero attached hydrogens (tertiary/aromatic N) is 2. The molecule has 5 nitrogen and oxygen atoms in total. The van der Waals surface area contributed by atoms with E-state index in [1.807, 2.05) is 13.8 Å². The molecule has 1 aromatic carbocycles. The average molecular weight is 254 g/mol. The molecule has 2 aromatic heterocycles. The molecule has 19 heavy (non-hydrogen) atoms. The van der Waals surface area contributed by atoms with Gasteiger partial charge in [-0.3, -0.25) is 4.98 Å². The molecule has 96 valence electrons. The maximum atomic E-state index is 11.2. The lowest BCUT2D eigenvalue weighted by atomic mass is 9.99. The first-order chi connectivity index (χ1) is 9.04. The summed E-state index contributed by atoms with van der Waals surface area (Å²) in [5, 5.41) is 0. The molecule has 0 aliphatic rings. The maximum absolute atomic E-state index is 11.2. The molecule has 0 unspecified atom stereocenters. The molecule has 2 heterocycles. The molecule has 0 radical (unpaired) electrons. The van der Waals surface area contributed by atoms with Gasteiger partial charge in [0.05, 0.1) is 6.20 Å². The average Bonchev–Trinajstić information content (AvgIpc) is 2.67. The van der Waals surface area contributed by atoms with Crippen LogP contribution in [-0.4, -0.2) is 19.9 Å². The third-order valence-corrected chi connectivity index (χ3v) is 3.17. The Labute approximate surface area is 109 Å². The molecule has 0 amide bonds. The van der Waals surface area contributed by atoms with Crippen LogP contribution in [0.3, 0.4) is 0 Å². The Hall–Kier alpha value is -2.43. The van der Waals surface area contributed by atoms with Crippen LogP contribution in [0.15, 0.2) is 23.1 Å². The third-order valence-electron chi connectivity index (χ3n) is 3.17. The fraction of sp³-hybridized carbons (Fsp3) is 0.214. The van der Waals surface area contributed by atoms with Crippen molar-refractivity contribution in [3.8, 4) is 11.4 Å². The van der Waals surface area contributed by atoms with Crippen LogP contribution in [-0.2, 0) is 0 Å². The van der Waals surface area contributed by atoms with Gasteiger partial charge in [0.15, 0.2) is 11.5 Å². The van der Waals surface area contributed by atoms with E-state index in [2.05, 4.69) is 39.0 Å². The number of rotatable bonds is 1. The summed E-state index contributed by atoms with van der Waals surface area (Å²) < 4.78 is 0. The van der Waals surface area contributed by atoms with Gasteiger partial charge in [-0.1, -0.05) is 17.7 Å². The lowest BCUT2D eigenvalue weighted by Crippen LogP contribution is -1.99. The van der Waals surface area contributed by atoms with Gasteiger partial charge >= 0.3 is 5.69 Å². The first kappa shape index (κ1) is 11.6. The summed E-state index contributed by atoms with van der Waals surface area (Å²) in [5.74, 6) is 0.637. The monoisotopic (exact) mass is 254 g/mol. The zero-order valence-electron chi connectivity index (χ0n) is 11.0. The third kappa shape index (κ3) is 1.93. The second-order valence-corrected chi connectivity index (χ2v) is 4.81. The van der Waals surface area contributed by atoms with Gasteiger partial charge in [0.25, 0.3) is 0 Å². The molecule has 2 N–H and O–H groups in total. The Bertz CT molecular complexity index is 806. The molecule has 0 saturated heterocycles. The smallest absolute Gasteiger partial charge is 0.303 e. The summed E-state index contributed by atoms with van der Waals surface area (Å²) >= 11 is 0. The van der Waals surface area contributed by atoms with Gasteiger partial charge in [-0.2, -0.15) is 0 Å². The first-order valence-corrected chi connectivity index (χ1v) is 6.08. The predicted octanol–water partition coefficient (Wildman–Crippen LogP) is 2.24. The summed E-state index contributed by atoms with van der Waals surface area (Å²) in [6.07, 6.45) is 1.63. The van der Waals surface area contributed by atoms with Crippen molar-refractivity contribution in [3.05, 3.63) is 45.5 Å². The van der Waals surface area contributed by atoms with Crippen molar-refractivity contribution in [2.24, 2.45) is 0 Å². The molecule has 0 bridgehead atoms. The Morgan fingerprint density at radius 1 is 1.05 bits per heavy atom. The molecule has 5 heteroatoms. The van der Waals surface area contributed by atoms with Gasteiger partial charge in [-0.05, 0) is 31.9 Å². The SMILES string of the molecule is Cc1cc(C)c(-c2ncc3[nH]c(=O)[nH]c3n2)c(C)c1. The van der Waals surface area contributed by atoms with Crippen molar-refractivity contribution >= 4 is 11.2 Å². The predicted molar refractivity (Wildman–Crippen MR) is 74.2 cm³/mol. The largest absolute Gasteiger partial charge is 0.325 e. The molecule has 0 saturated carbocycles. The van der Waals surface area contributed by atoms with E-state index in [0.29, 0.717) is 17.0 Å². The van der Waals surface area contributed by atoms with E-state index in [9.17, 15) is 4.79 Å². The number of benzene rings is 1. The van der Waals surface area contributed by atoms with Crippen LogP contribution in [0.2, 0.25) is 0 Å². The number of aromatic nitrogens is 4. The van der Waals surface area contributed by atoms with Crippen LogP contribution in [0.1, 0.15) is 16.7 Å². The van der Waals surface area contributed by atoms with Crippen molar-refractivity contribution < 1.29 is 0 Å². The van der Waals surface area contributed by atoms with E-state index in [1.54, 1.807) is 6.20 Å². The van der Waals surface area contributed by atoms with E-state index in [-0.39, 0.29) is 5.69 Å². The van der Waals surface area contributed by atoms with E-state index < -0.39 is 0 Å². The molecule has 0 fully saturated rings. The normalized spacial score (nSPS) is 11.1. The van der Waals surface area contributed by atoms with Crippen LogP contribution in [0.5, 0.6) is 0 Å². The van der Waals surface area contributed by atoms with E-state index in [4.69, 9.17) is 0 Å². The quantitative estimate of drug-likeness (QED) is 0.699. The second-order valence-electron chi connectivity index (χ2n) is 4.81. The highest BCUT2D eigenvalue weighted by molar-refractivity contribution is 5.74. The van der Waals surface area contributed by atoms with Crippen LogP contribution in [0.4, 0.5) is 0 Å². The minimum atomic E-state index is -0.265. The number of nitrogens with one attached hydrogen (secondary N) is 2. The Morgan fingerprint density at radius 3 is 2.42 bits per heavy atom. The van der Waals surface area contributed by atoms with Crippen LogP contribution >= 0.6 is 0 Å². The molecule has 0 aliphatic carbocycles. The summed E-state index contributed by atoms with van der Waals surface area (Å²) in [5.41, 5.74) is 5.40. The van der Waals surface area contributed by atoms with E-state index >= 15 is 0 Å². The number of aromatic amines is 2. The van der Waals surface area contributed by atoms with E-state index in [0.717, 1.165) is 16.7 Å².